The largest absolute Gasteiger partial charge is 0.274 e. The van der Waals surface area contributed by atoms with Gasteiger partial charge < -0.3 is 0 Å². The monoisotopic (exact) mass is 390 g/mol. The summed E-state index contributed by atoms with van der Waals surface area (Å²) in [4.78, 5) is 15.9. The number of pyridine rings is 1. The van der Waals surface area contributed by atoms with Crippen LogP contribution in [0.2, 0.25) is 0 Å². The molecule has 0 aliphatic heterocycles. The van der Waals surface area contributed by atoms with Gasteiger partial charge in [-0.2, -0.15) is 0 Å². The van der Waals surface area contributed by atoms with Gasteiger partial charge in [-0.15, -0.1) is 0 Å². The van der Waals surface area contributed by atoms with Crippen LogP contribution in [-0.4, -0.2) is 19.3 Å². The molecular weight excluding hydrogens is 374 g/mol. The van der Waals surface area contributed by atoms with Crippen molar-refractivity contribution in [2.24, 2.45) is 0 Å². The molecule has 1 amide bonds. The molecule has 0 aliphatic rings. The Balaban J connectivity index is 1.81. The average Bonchev–Trinajstić information content (AvgIpc) is 2.62. The van der Waals surface area contributed by atoms with Gasteiger partial charge in [-0.05, 0) is 47.9 Å². The number of nitrogens with one attached hydrogen (secondary N) is 1. The van der Waals surface area contributed by atoms with E-state index in [1.807, 2.05) is 4.72 Å². The molecule has 0 fully saturated rings. The lowest BCUT2D eigenvalue weighted by atomic mass is 9.98. The molecule has 3 aromatic rings. The Kier molecular flexibility index (Phi) is 5.18. The summed E-state index contributed by atoms with van der Waals surface area (Å²) in [6, 6.07) is 10.6. The van der Waals surface area contributed by atoms with E-state index in [4.69, 9.17) is 0 Å². The van der Waals surface area contributed by atoms with Gasteiger partial charge in [-0.1, -0.05) is 19.1 Å². The van der Waals surface area contributed by atoms with E-state index in [1.54, 1.807) is 19.1 Å². The molecule has 2 aromatic carbocycles. The molecule has 0 bridgehead atoms. The van der Waals surface area contributed by atoms with Crippen LogP contribution < -0.4 is 4.72 Å². The standard InChI is InChI=1S/C19H16F2N2O3S/c1-12(13-4-6-14(20)7-5-13)11-18(24)23-27(25,26)17-9-8-16(21)19-15(17)3-2-10-22-19/h2-10,12H,11H2,1H3,(H,23,24)/t12-/m0/s1. The SMILES string of the molecule is C[C@@H](CC(=O)NS(=O)(=O)c1ccc(F)c2ncccc12)c1ccc(F)cc1. The van der Waals surface area contributed by atoms with Crippen LogP contribution in [-0.2, 0) is 14.8 Å². The van der Waals surface area contributed by atoms with Crippen LogP contribution in [0.15, 0.2) is 59.6 Å². The molecule has 1 atom stereocenters. The fourth-order valence-electron chi connectivity index (χ4n) is 2.78. The number of halogens is 2. The fourth-order valence-corrected chi connectivity index (χ4v) is 3.97. The van der Waals surface area contributed by atoms with Crippen molar-refractivity contribution >= 4 is 26.8 Å². The van der Waals surface area contributed by atoms with Crippen molar-refractivity contribution in [2.45, 2.75) is 24.2 Å². The number of hydrogen-bond donors (Lipinski definition) is 1. The minimum absolute atomic E-state index is 0.0874. The van der Waals surface area contributed by atoms with Crippen LogP contribution in [0.3, 0.4) is 0 Å². The van der Waals surface area contributed by atoms with Crippen molar-refractivity contribution in [3.63, 3.8) is 0 Å². The molecule has 0 unspecified atom stereocenters. The van der Waals surface area contributed by atoms with Gasteiger partial charge in [0.2, 0.25) is 5.91 Å². The van der Waals surface area contributed by atoms with E-state index in [9.17, 15) is 22.0 Å². The Hall–Kier alpha value is -2.87. The van der Waals surface area contributed by atoms with Crippen LogP contribution >= 0.6 is 0 Å². The van der Waals surface area contributed by atoms with Crippen molar-refractivity contribution < 1.29 is 22.0 Å². The molecule has 1 heterocycles. The lowest BCUT2D eigenvalue weighted by Crippen LogP contribution is -2.31. The van der Waals surface area contributed by atoms with E-state index in [2.05, 4.69) is 4.98 Å². The quantitative estimate of drug-likeness (QED) is 0.723. The van der Waals surface area contributed by atoms with E-state index in [0.29, 0.717) is 5.56 Å². The average molecular weight is 390 g/mol. The Morgan fingerprint density at radius 2 is 1.81 bits per heavy atom. The van der Waals surface area contributed by atoms with Gasteiger partial charge in [-0.25, -0.2) is 21.9 Å². The second-order valence-electron chi connectivity index (χ2n) is 6.13. The van der Waals surface area contributed by atoms with Crippen LogP contribution in [0, 0.1) is 11.6 Å². The Morgan fingerprint density at radius 1 is 1.11 bits per heavy atom. The van der Waals surface area contributed by atoms with Gasteiger partial charge in [0.25, 0.3) is 10.0 Å². The first-order chi connectivity index (χ1) is 12.8. The van der Waals surface area contributed by atoms with Gasteiger partial charge in [0.1, 0.15) is 17.2 Å². The smallest absolute Gasteiger partial charge is 0.264 e. The van der Waals surface area contributed by atoms with Crippen molar-refractivity contribution in [2.75, 3.05) is 0 Å². The number of benzene rings is 2. The summed E-state index contributed by atoms with van der Waals surface area (Å²) in [5.41, 5.74) is 0.618. The van der Waals surface area contributed by atoms with E-state index in [-0.39, 0.29) is 28.1 Å². The molecule has 3 rings (SSSR count). The number of carbonyl (C=O) groups is 1. The molecule has 0 spiro atoms. The summed E-state index contributed by atoms with van der Waals surface area (Å²) in [7, 11) is -4.20. The normalized spacial score (nSPS) is 12.7. The first-order valence-corrected chi connectivity index (χ1v) is 9.60. The van der Waals surface area contributed by atoms with Gasteiger partial charge in [0, 0.05) is 18.0 Å². The summed E-state index contributed by atoms with van der Waals surface area (Å²) in [5.74, 6) is -2.07. The highest BCUT2D eigenvalue weighted by Gasteiger charge is 2.23. The van der Waals surface area contributed by atoms with E-state index < -0.39 is 27.6 Å². The van der Waals surface area contributed by atoms with E-state index >= 15 is 0 Å². The molecule has 1 N–H and O–H groups in total. The number of hydrogen-bond acceptors (Lipinski definition) is 4. The van der Waals surface area contributed by atoms with Gasteiger partial charge in [0.05, 0.1) is 4.90 Å². The number of rotatable bonds is 5. The van der Waals surface area contributed by atoms with Gasteiger partial charge in [-0.3, -0.25) is 9.78 Å². The maximum atomic E-state index is 13.8. The van der Waals surface area contributed by atoms with E-state index in [0.717, 1.165) is 12.1 Å². The van der Waals surface area contributed by atoms with Crippen LogP contribution in [0.25, 0.3) is 10.9 Å². The maximum absolute atomic E-state index is 13.8. The summed E-state index contributed by atoms with van der Waals surface area (Å²) in [5, 5.41) is 0.0874. The lowest BCUT2D eigenvalue weighted by Gasteiger charge is -2.13. The molecule has 0 radical (unpaired) electrons. The summed E-state index contributed by atoms with van der Waals surface area (Å²) in [6.45, 7) is 1.73. The zero-order chi connectivity index (χ0) is 19.6. The molecule has 5 nitrogen and oxygen atoms in total. The highest BCUT2D eigenvalue weighted by atomic mass is 32.2. The minimum atomic E-state index is -4.20. The lowest BCUT2D eigenvalue weighted by molar-refractivity contribution is -0.119. The van der Waals surface area contributed by atoms with Crippen molar-refractivity contribution in [3.8, 4) is 0 Å². The van der Waals surface area contributed by atoms with Gasteiger partial charge >= 0.3 is 0 Å². The highest BCUT2D eigenvalue weighted by Crippen LogP contribution is 2.24. The predicted octanol–water partition coefficient (Wildman–Crippen LogP) is 3.51. The molecule has 0 aliphatic carbocycles. The molecule has 27 heavy (non-hydrogen) atoms. The molecular formula is C19H16F2N2O3S. The molecule has 0 saturated heterocycles. The molecule has 8 heteroatoms. The Bertz CT molecular complexity index is 1100. The number of sulfonamides is 1. The predicted molar refractivity (Wildman–Crippen MR) is 96.5 cm³/mol. The van der Waals surface area contributed by atoms with Crippen molar-refractivity contribution in [1.82, 2.24) is 9.71 Å². The van der Waals surface area contributed by atoms with Crippen LogP contribution in [0.4, 0.5) is 8.78 Å². The second-order valence-corrected chi connectivity index (χ2v) is 7.78. The highest BCUT2D eigenvalue weighted by molar-refractivity contribution is 7.90. The number of nitrogens with zero attached hydrogens (tertiary/aromatic N) is 1. The van der Waals surface area contributed by atoms with Crippen molar-refractivity contribution in [3.05, 3.63) is 71.9 Å². The number of fused-ring (bicyclic) bond motifs is 1. The second kappa shape index (κ2) is 7.40. The Labute approximate surface area is 155 Å². The number of carbonyl (C=O) groups excluding carboxylic acids is 1. The van der Waals surface area contributed by atoms with Crippen molar-refractivity contribution in [1.29, 1.82) is 0 Å². The zero-order valence-electron chi connectivity index (χ0n) is 14.3. The first-order valence-electron chi connectivity index (χ1n) is 8.12. The topological polar surface area (TPSA) is 76.1 Å². The number of amides is 1. The summed E-state index contributed by atoms with van der Waals surface area (Å²) in [6.07, 6.45) is 1.24. The summed E-state index contributed by atoms with van der Waals surface area (Å²) < 4.78 is 54.0. The number of aromatic nitrogens is 1. The third-order valence-corrected chi connectivity index (χ3v) is 5.58. The zero-order valence-corrected chi connectivity index (χ0v) is 15.1. The Morgan fingerprint density at radius 3 is 2.52 bits per heavy atom. The van der Waals surface area contributed by atoms with Gasteiger partial charge in [0.15, 0.2) is 0 Å². The minimum Gasteiger partial charge on any atom is -0.274 e. The fraction of sp³-hybridized carbons (Fsp3) is 0.158. The van der Waals surface area contributed by atoms with E-state index in [1.165, 1.54) is 30.5 Å². The molecule has 1 aromatic heterocycles. The van der Waals surface area contributed by atoms with Crippen LogP contribution in [0.1, 0.15) is 24.8 Å². The summed E-state index contributed by atoms with van der Waals surface area (Å²) >= 11 is 0. The molecule has 140 valence electrons. The van der Waals surface area contributed by atoms with Crippen LogP contribution in [0.5, 0.6) is 0 Å². The molecule has 0 saturated carbocycles. The maximum Gasteiger partial charge on any atom is 0.264 e. The third kappa shape index (κ3) is 4.11. The first kappa shape index (κ1) is 18.9. The third-order valence-electron chi connectivity index (χ3n) is 4.15.